The van der Waals surface area contributed by atoms with Gasteiger partial charge in [-0.2, -0.15) is 13.2 Å². The first-order valence-electron chi connectivity index (χ1n) is 10.8. The summed E-state index contributed by atoms with van der Waals surface area (Å²) < 4.78 is 39.1. The molecule has 1 fully saturated rings. The molecule has 0 atom stereocenters. The van der Waals surface area contributed by atoms with Gasteiger partial charge in [-0.1, -0.05) is 32.0 Å². The molecule has 170 valence electrons. The largest absolute Gasteiger partial charge is 0.416 e. The van der Waals surface area contributed by atoms with Crippen molar-refractivity contribution in [1.82, 2.24) is 9.80 Å². The normalized spacial score (nSPS) is 17.4. The van der Waals surface area contributed by atoms with E-state index in [0.29, 0.717) is 17.0 Å². The number of imide groups is 1. The number of halogens is 3. The molecule has 0 saturated carbocycles. The molecule has 0 bridgehead atoms. The Labute approximate surface area is 185 Å². The molecule has 2 aliphatic heterocycles. The van der Waals surface area contributed by atoms with Crippen LogP contribution in [0.15, 0.2) is 42.5 Å². The standard InChI is InChI=1S/C24H26F3N3O2/c1-16(2)14-28-9-11-29(12-10-28)20-8-4-7-19-21(20)23(32)30(22(19)31)15-17-5-3-6-18(13-17)24(25,26)27/h3-8,13,16H,9-12,14-15H2,1-2H3. The summed E-state index contributed by atoms with van der Waals surface area (Å²) >= 11 is 0. The van der Waals surface area contributed by atoms with Gasteiger partial charge in [-0.05, 0) is 35.7 Å². The van der Waals surface area contributed by atoms with Crippen LogP contribution in [0.1, 0.15) is 45.7 Å². The Morgan fingerprint density at radius 1 is 0.938 bits per heavy atom. The molecule has 0 aromatic heterocycles. The molecule has 2 amide bonds. The number of carbonyl (C=O) groups is 2. The summed E-state index contributed by atoms with van der Waals surface area (Å²) in [5.41, 5.74) is 0.840. The summed E-state index contributed by atoms with van der Waals surface area (Å²) in [6, 6.07) is 9.96. The minimum Gasteiger partial charge on any atom is -0.368 e. The second kappa shape index (κ2) is 8.58. The molecular formula is C24H26F3N3O2. The Hall–Kier alpha value is -2.87. The van der Waals surface area contributed by atoms with Crippen LogP contribution in [0, 0.1) is 5.92 Å². The predicted octanol–water partition coefficient (Wildman–Crippen LogP) is 4.28. The zero-order valence-electron chi connectivity index (χ0n) is 18.2. The average Bonchev–Trinajstić information content (AvgIpc) is 2.98. The van der Waals surface area contributed by atoms with Gasteiger partial charge in [-0.15, -0.1) is 0 Å². The Kier molecular flexibility index (Phi) is 5.99. The first kappa shape index (κ1) is 22.3. The third-order valence-electron chi connectivity index (χ3n) is 5.91. The number of hydrogen-bond acceptors (Lipinski definition) is 4. The summed E-state index contributed by atoms with van der Waals surface area (Å²) in [4.78, 5) is 31.7. The smallest absolute Gasteiger partial charge is 0.368 e. The molecule has 0 unspecified atom stereocenters. The third-order valence-corrected chi connectivity index (χ3v) is 5.91. The minimum atomic E-state index is -4.48. The lowest BCUT2D eigenvalue weighted by Gasteiger charge is -2.37. The van der Waals surface area contributed by atoms with E-state index in [4.69, 9.17) is 0 Å². The van der Waals surface area contributed by atoms with E-state index in [-0.39, 0.29) is 12.1 Å². The van der Waals surface area contributed by atoms with Crippen LogP contribution in [0.2, 0.25) is 0 Å². The Morgan fingerprint density at radius 3 is 2.28 bits per heavy atom. The van der Waals surface area contributed by atoms with Gasteiger partial charge in [0.25, 0.3) is 11.8 Å². The monoisotopic (exact) mass is 445 g/mol. The van der Waals surface area contributed by atoms with Crippen LogP contribution in [-0.4, -0.2) is 54.3 Å². The summed E-state index contributed by atoms with van der Waals surface area (Å²) in [7, 11) is 0. The number of hydrogen-bond donors (Lipinski definition) is 0. The van der Waals surface area contributed by atoms with E-state index in [1.54, 1.807) is 12.1 Å². The lowest BCUT2D eigenvalue weighted by molar-refractivity contribution is -0.137. The van der Waals surface area contributed by atoms with Crippen molar-refractivity contribution in [1.29, 1.82) is 0 Å². The number of fused-ring (bicyclic) bond motifs is 1. The lowest BCUT2D eigenvalue weighted by Crippen LogP contribution is -2.47. The van der Waals surface area contributed by atoms with Gasteiger partial charge in [0.2, 0.25) is 0 Å². The number of anilines is 1. The molecule has 2 aromatic rings. The highest BCUT2D eigenvalue weighted by atomic mass is 19.4. The third kappa shape index (κ3) is 4.37. The zero-order valence-corrected chi connectivity index (χ0v) is 18.2. The number of alkyl halides is 3. The van der Waals surface area contributed by atoms with Gasteiger partial charge in [0.05, 0.1) is 28.9 Å². The van der Waals surface area contributed by atoms with Crippen molar-refractivity contribution in [2.75, 3.05) is 37.6 Å². The number of benzene rings is 2. The van der Waals surface area contributed by atoms with E-state index in [2.05, 4.69) is 23.6 Å². The molecule has 5 nitrogen and oxygen atoms in total. The quantitative estimate of drug-likeness (QED) is 0.645. The van der Waals surface area contributed by atoms with Crippen molar-refractivity contribution in [2.45, 2.75) is 26.6 Å². The van der Waals surface area contributed by atoms with Gasteiger partial charge in [0.15, 0.2) is 0 Å². The highest BCUT2D eigenvalue weighted by molar-refractivity contribution is 6.23. The SMILES string of the molecule is CC(C)CN1CCN(c2cccc3c2C(=O)N(Cc2cccc(C(F)(F)F)c2)C3=O)CC1. The summed E-state index contributed by atoms with van der Waals surface area (Å²) in [6.45, 7) is 8.42. The molecular weight excluding hydrogens is 419 g/mol. The first-order valence-corrected chi connectivity index (χ1v) is 10.8. The fourth-order valence-corrected chi connectivity index (χ4v) is 4.44. The maximum atomic E-state index is 13.2. The molecule has 4 rings (SSSR count). The zero-order chi connectivity index (χ0) is 23.0. The molecule has 2 aromatic carbocycles. The minimum absolute atomic E-state index is 0.197. The average molecular weight is 445 g/mol. The molecule has 0 spiro atoms. The van der Waals surface area contributed by atoms with E-state index >= 15 is 0 Å². The maximum absolute atomic E-state index is 13.2. The van der Waals surface area contributed by atoms with Gasteiger partial charge in [0.1, 0.15) is 0 Å². The van der Waals surface area contributed by atoms with Gasteiger partial charge in [-0.25, -0.2) is 0 Å². The molecule has 2 heterocycles. The summed E-state index contributed by atoms with van der Waals surface area (Å²) in [5, 5.41) is 0. The molecule has 0 N–H and O–H groups in total. The van der Waals surface area contributed by atoms with Gasteiger partial charge in [0, 0.05) is 32.7 Å². The summed E-state index contributed by atoms with van der Waals surface area (Å²) in [6.07, 6.45) is -4.48. The lowest BCUT2D eigenvalue weighted by atomic mass is 10.1. The van der Waals surface area contributed by atoms with Gasteiger partial charge >= 0.3 is 6.18 Å². The van der Waals surface area contributed by atoms with E-state index in [1.165, 1.54) is 12.1 Å². The van der Waals surface area contributed by atoms with E-state index in [0.717, 1.165) is 55.4 Å². The highest BCUT2D eigenvalue weighted by Gasteiger charge is 2.39. The second-order valence-corrected chi connectivity index (χ2v) is 8.78. The number of carbonyl (C=O) groups excluding carboxylic acids is 2. The van der Waals surface area contributed by atoms with Crippen molar-refractivity contribution >= 4 is 17.5 Å². The Morgan fingerprint density at radius 2 is 1.62 bits per heavy atom. The number of nitrogens with zero attached hydrogens (tertiary/aromatic N) is 3. The van der Waals surface area contributed by atoms with Crippen LogP contribution in [0.3, 0.4) is 0 Å². The van der Waals surface area contributed by atoms with Crippen molar-refractivity contribution < 1.29 is 22.8 Å². The summed E-state index contributed by atoms with van der Waals surface area (Å²) in [5.74, 6) is -0.351. The van der Waals surface area contributed by atoms with Gasteiger partial charge in [-0.3, -0.25) is 19.4 Å². The van der Waals surface area contributed by atoms with Crippen LogP contribution in [0.4, 0.5) is 18.9 Å². The van der Waals surface area contributed by atoms with E-state index < -0.39 is 23.6 Å². The van der Waals surface area contributed by atoms with Crippen LogP contribution < -0.4 is 4.90 Å². The molecule has 8 heteroatoms. The van der Waals surface area contributed by atoms with Crippen LogP contribution in [0.25, 0.3) is 0 Å². The Bertz CT molecular complexity index is 1030. The number of amides is 2. The van der Waals surface area contributed by atoms with Gasteiger partial charge < -0.3 is 4.90 Å². The fourth-order valence-electron chi connectivity index (χ4n) is 4.44. The van der Waals surface area contributed by atoms with E-state index in [1.807, 2.05) is 6.07 Å². The van der Waals surface area contributed by atoms with Crippen LogP contribution >= 0.6 is 0 Å². The molecule has 2 aliphatic rings. The van der Waals surface area contributed by atoms with Crippen molar-refractivity contribution in [3.63, 3.8) is 0 Å². The molecule has 0 aliphatic carbocycles. The molecule has 32 heavy (non-hydrogen) atoms. The van der Waals surface area contributed by atoms with Crippen molar-refractivity contribution in [2.24, 2.45) is 5.92 Å². The highest BCUT2D eigenvalue weighted by Crippen LogP contribution is 2.34. The predicted molar refractivity (Wildman–Crippen MR) is 116 cm³/mol. The second-order valence-electron chi connectivity index (χ2n) is 8.78. The van der Waals surface area contributed by atoms with Crippen LogP contribution in [-0.2, 0) is 12.7 Å². The topological polar surface area (TPSA) is 43.9 Å². The van der Waals surface area contributed by atoms with Crippen molar-refractivity contribution in [3.05, 3.63) is 64.7 Å². The first-order chi connectivity index (χ1) is 15.1. The van der Waals surface area contributed by atoms with E-state index in [9.17, 15) is 22.8 Å². The maximum Gasteiger partial charge on any atom is 0.416 e. The number of rotatable bonds is 5. The number of piperazine rings is 1. The fraction of sp³-hybridized carbons (Fsp3) is 0.417. The Balaban J connectivity index is 1.55. The molecule has 1 saturated heterocycles. The van der Waals surface area contributed by atoms with Crippen LogP contribution in [0.5, 0.6) is 0 Å². The molecule has 0 radical (unpaired) electrons. The van der Waals surface area contributed by atoms with Crippen molar-refractivity contribution in [3.8, 4) is 0 Å².